The Labute approximate surface area is 143 Å². The minimum Gasteiger partial charge on any atom is -0.483 e. The van der Waals surface area contributed by atoms with Gasteiger partial charge in [0.05, 0.1) is 6.20 Å². The van der Waals surface area contributed by atoms with Gasteiger partial charge in [-0.25, -0.2) is 4.98 Å². The van der Waals surface area contributed by atoms with Gasteiger partial charge in [-0.15, -0.1) is 0 Å². The van der Waals surface area contributed by atoms with Crippen molar-refractivity contribution in [1.82, 2.24) is 15.0 Å². The Hall–Kier alpha value is -2.37. The number of rotatable bonds is 10. The van der Waals surface area contributed by atoms with E-state index >= 15 is 0 Å². The van der Waals surface area contributed by atoms with Crippen molar-refractivity contribution in [3.63, 3.8) is 0 Å². The second-order valence-electron chi connectivity index (χ2n) is 5.86. The maximum absolute atomic E-state index is 5.89. The monoisotopic (exact) mass is 329 g/mol. The van der Waals surface area contributed by atoms with Crippen LogP contribution in [-0.4, -0.2) is 21.0 Å². The largest absolute Gasteiger partial charge is 0.483 e. The van der Waals surface area contributed by atoms with Crippen LogP contribution in [0.2, 0.25) is 0 Å². The van der Waals surface area contributed by atoms with Gasteiger partial charge >= 0.3 is 0 Å². The predicted molar refractivity (Wildman–Crippen MR) is 96.9 cm³/mol. The van der Waals surface area contributed by atoms with Crippen molar-refractivity contribution in [2.24, 2.45) is 0 Å². The lowest BCUT2D eigenvalue weighted by Crippen LogP contribution is -2.21. The van der Waals surface area contributed by atoms with E-state index in [4.69, 9.17) is 10.5 Å². The Morgan fingerprint density at radius 1 is 1.17 bits per heavy atom. The highest BCUT2D eigenvalue weighted by atomic mass is 16.5. The van der Waals surface area contributed by atoms with Gasteiger partial charge in [0.25, 0.3) is 0 Å². The third-order valence-corrected chi connectivity index (χ3v) is 3.80. The van der Waals surface area contributed by atoms with E-state index in [0.717, 1.165) is 24.8 Å². The lowest BCUT2D eigenvalue weighted by molar-refractivity contribution is 0.305. The van der Waals surface area contributed by atoms with Gasteiger partial charge in [0.2, 0.25) is 5.95 Å². The summed E-state index contributed by atoms with van der Waals surface area (Å²) in [5.41, 5.74) is 6.80. The molecule has 0 saturated heterocycles. The average Bonchev–Trinajstić information content (AvgIpc) is 2.60. The van der Waals surface area contributed by atoms with Crippen LogP contribution in [0.5, 0.6) is 5.75 Å². The first kappa shape index (κ1) is 18.0. The van der Waals surface area contributed by atoms with Gasteiger partial charge in [0, 0.05) is 18.4 Å². The molecule has 0 spiro atoms. The van der Waals surface area contributed by atoms with Crippen LogP contribution < -0.4 is 15.8 Å². The van der Waals surface area contributed by atoms with E-state index in [1.165, 1.54) is 12.8 Å². The van der Waals surface area contributed by atoms with Gasteiger partial charge in [-0.1, -0.05) is 33.1 Å². The maximum atomic E-state index is 5.89. The topological polar surface area (TPSA) is 86.0 Å². The van der Waals surface area contributed by atoms with Gasteiger partial charge in [0.15, 0.2) is 11.6 Å². The molecule has 0 bridgehead atoms. The Kier molecular flexibility index (Phi) is 7.26. The zero-order valence-electron chi connectivity index (χ0n) is 14.5. The summed E-state index contributed by atoms with van der Waals surface area (Å²) in [6.07, 6.45) is 10.8. The molecule has 6 heteroatoms. The number of nitrogen functional groups attached to an aromatic ring is 1. The molecule has 24 heavy (non-hydrogen) atoms. The highest BCUT2D eigenvalue weighted by Crippen LogP contribution is 2.25. The minimum absolute atomic E-state index is 0.250. The summed E-state index contributed by atoms with van der Waals surface area (Å²) >= 11 is 0. The first-order chi connectivity index (χ1) is 11.7. The van der Waals surface area contributed by atoms with Gasteiger partial charge in [-0.2, -0.15) is 4.98 Å². The van der Waals surface area contributed by atoms with Crippen molar-refractivity contribution in [2.75, 3.05) is 11.1 Å². The fourth-order valence-corrected chi connectivity index (χ4v) is 2.51. The smallest absolute Gasteiger partial charge is 0.222 e. The Morgan fingerprint density at radius 2 is 1.96 bits per heavy atom. The number of hydrogen-bond donors (Lipinski definition) is 2. The number of ether oxygens (including phenoxy) is 1. The minimum atomic E-state index is 0.250. The number of pyridine rings is 1. The Bertz CT molecular complexity index is 606. The molecular weight excluding hydrogens is 302 g/mol. The molecule has 0 aliphatic carbocycles. The molecule has 0 radical (unpaired) electrons. The van der Waals surface area contributed by atoms with Crippen molar-refractivity contribution in [1.29, 1.82) is 0 Å². The van der Waals surface area contributed by atoms with Crippen LogP contribution in [0.4, 0.5) is 11.8 Å². The number of hydrogen-bond acceptors (Lipinski definition) is 6. The van der Waals surface area contributed by atoms with Crippen LogP contribution in [0.15, 0.2) is 30.7 Å². The van der Waals surface area contributed by atoms with Gasteiger partial charge in [-0.3, -0.25) is 4.98 Å². The predicted octanol–water partition coefficient (Wildman–Crippen LogP) is 3.80. The van der Waals surface area contributed by atoms with Crippen LogP contribution in [0.3, 0.4) is 0 Å². The Morgan fingerprint density at radius 3 is 2.67 bits per heavy atom. The zero-order chi connectivity index (χ0) is 17.2. The number of unbranched alkanes of at least 4 members (excludes halogenated alkanes) is 1. The number of nitrogens with one attached hydrogen (secondary N) is 1. The fourth-order valence-electron chi connectivity index (χ4n) is 2.51. The normalized spacial score (nSPS) is 11.9. The summed E-state index contributed by atoms with van der Waals surface area (Å²) in [4.78, 5) is 12.4. The molecule has 1 atom stereocenters. The molecule has 0 aliphatic rings. The van der Waals surface area contributed by atoms with E-state index in [9.17, 15) is 0 Å². The van der Waals surface area contributed by atoms with Crippen molar-refractivity contribution in [2.45, 2.75) is 58.6 Å². The summed E-state index contributed by atoms with van der Waals surface area (Å²) in [6, 6.07) is 4.21. The third-order valence-electron chi connectivity index (χ3n) is 3.80. The van der Waals surface area contributed by atoms with Gasteiger partial charge < -0.3 is 15.8 Å². The molecule has 2 aromatic rings. The van der Waals surface area contributed by atoms with E-state index in [-0.39, 0.29) is 5.95 Å². The molecule has 0 amide bonds. The molecule has 2 heterocycles. The lowest BCUT2D eigenvalue weighted by atomic mass is 10.1. The second-order valence-corrected chi connectivity index (χ2v) is 5.86. The SMILES string of the molecule is CCCCC(CCC)Nc1nc(N)ncc1OCc1ccncc1. The average molecular weight is 329 g/mol. The summed E-state index contributed by atoms with van der Waals surface area (Å²) in [7, 11) is 0. The van der Waals surface area contributed by atoms with Crippen LogP contribution >= 0.6 is 0 Å². The third kappa shape index (κ3) is 5.68. The molecule has 6 nitrogen and oxygen atoms in total. The molecule has 2 rings (SSSR count). The number of nitrogens with two attached hydrogens (primary N) is 1. The summed E-state index contributed by atoms with van der Waals surface area (Å²) in [5, 5.41) is 3.49. The number of nitrogens with zero attached hydrogens (tertiary/aromatic N) is 3. The molecule has 3 N–H and O–H groups in total. The summed E-state index contributed by atoms with van der Waals surface area (Å²) in [5.74, 6) is 1.55. The number of anilines is 2. The molecule has 0 aliphatic heterocycles. The standard InChI is InChI=1S/C18H27N5O/c1-3-5-7-15(6-4-2)22-17-16(12-21-18(19)23-17)24-13-14-8-10-20-11-9-14/h8-12,15H,3-7,13H2,1-2H3,(H3,19,21,22,23). The summed E-state index contributed by atoms with van der Waals surface area (Å²) in [6.45, 7) is 4.84. The molecule has 130 valence electrons. The van der Waals surface area contributed by atoms with Crippen molar-refractivity contribution in [3.05, 3.63) is 36.3 Å². The highest BCUT2D eigenvalue weighted by molar-refractivity contribution is 5.51. The maximum Gasteiger partial charge on any atom is 0.222 e. The highest BCUT2D eigenvalue weighted by Gasteiger charge is 2.13. The molecule has 1 unspecified atom stereocenters. The van der Waals surface area contributed by atoms with Gasteiger partial charge in [0.1, 0.15) is 6.61 Å². The molecule has 0 saturated carbocycles. The first-order valence-corrected chi connectivity index (χ1v) is 8.63. The van der Waals surface area contributed by atoms with Crippen LogP contribution in [-0.2, 0) is 6.61 Å². The van der Waals surface area contributed by atoms with E-state index in [1.807, 2.05) is 12.1 Å². The quantitative estimate of drug-likeness (QED) is 0.689. The van der Waals surface area contributed by atoms with E-state index in [1.54, 1.807) is 18.6 Å². The van der Waals surface area contributed by atoms with Crippen molar-refractivity contribution < 1.29 is 4.74 Å². The molecule has 0 fully saturated rings. The number of aromatic nitrogens is 3. The van der Waals surface area contributed by atoms with E-state index in [2.05, 4.69) is 34.1 Å². The van der Waals surface area contributed by atoms with Crippen molar-refractivity contribution >= 4 is 11.8 Å². The second kappa shape index (κ2) is 9.70. The van der Waals surface area contributed by atoms with E-state index < -0.39 is 0 Å². The van der Waals surface area contributed by atoms with Crippen LogP contribution in [0.25, 0.3) is 0 Å². The first-order valence-electron chi connectivity index (χ1n) is 8.63. The summed E-state index contributed by atoms with van der Waals surface area (Å²) < 4.78 is 5.89. The van der Waals surface area contributed by atoms with Gasteiger partial charge in [-0.05, 0) is 30.5 Å². The zero-order valence-corrected chi connectivity index (χ0v) is 14.5. The van der Waals surface area contributed by atoms with Crippen molar-refractivity contribution in [3.8, 4) is 5.75 Å². The van der Waals surface area contributed by atoms with Crippen LogP contribution in [0.1, 0.15) is 51.5 Å². The fraction of sp³-hybridized carbons (Fsp3) is 0.500. The molecule has 2 aromatic heterocycles. The van der Waals surface area contributed by atoms with Crippen LogP contribution in [0, 0.1) is 0 Å². The van der Waals surface area contributed by atoms with E-state index in [0.29, 0.717) is 24.2 Å². The molecule has 0 aromatic carbocycles. The molecular formula is C18H27N5O. The lowest BCUT2D eigenvalue weighted by Gasteiger charge is -2.20. The Balaban J connectivity index is 2.08.